The Kier molecular flexibility index (Phi) is 2.86. The minimum Gasteiger partial charge on any atom is -0.292 e. The number of aromatic nitrogens is 3. The number of hydrogen-bond donors (Lipinski definition) is 1. The molecular weight excluding hydrogens is 299 g/mol. The number of alkyl halides is 5. The third kappa shape index (κ3) is 2.29. The monoisotopic (exact) mass is 306 g/mol. The van der Waals surface area contributed by atoms with Crippen LogP contribution in [0.2, 0.25) is 0 Å². The molecule has 108 valence electrons. The predicted molar refractivity (Wildman–Crippen MR) is 49.6 cm³/mol. The summed E-state index contributed by atoms with van der Waals surface area (Å²) in [6.07, 6.45) is -5.40. The molecule has 0 aromatic carbocycles. The molecule has 1 aromatic heterocycles. The quantitative estimate of drug-likeness (QED) is 0.840. The molecule has 6 nitrogen and oxygen atoms in total. The molecular formula is C7H7F5N4O2S. The van der Waals surface area contributed by atoms with Crippen LogP contribution in [0.1, 0.15) is 24.7 Å². The minimum atomic E-state index is -5.90. The molecule has 0 bridgehead atoms. The third-order valence-corrected chi connectivity index (χ3v) is 3.26. The standard InChI is InChI=1S/C7H7F5N4O2S/c8-6(9,7(10,11)12)4-14-15-5(19(13,17)18)16(4)3-1-2-3/h3H,1-2H2,(H2,13,17,18). The smallest absolute Gasteiger partial charge is 0.292 e. The van der Waals surface area contributed by atoms with E-state index < -0.39 is 39.1 Å². The molecule has 1 fully saturated rings. The molecule has 0 radical (unpaired) electrons. The zero-order chi connectivity index (χ0) is 14.6. The van der Waals surface area contributed by atoms with Gasteiger partial charge in [-0.25, -0.2) is 13.6 Å². The first kappa shape index (κ1) is 14.1. The van der Waals surface area contributed by atoms with Crippen LogP contribution in [-0.2, 0) is 15.9 Å². The maximum Gasteiger partial charge on any atom is 0.461 e. The Morgan fingerprint density at radius 2 is 1.68 bits per heavy atom. The van der Waals surface area contributed by atoms with Gasteiger partial charge >= 0.3 is 12.1 Å². The summed E-state index contributed by atoms with van der Waals surface area (Å²) in [5, 5.41) is 9.14. The number of nitrogens with two attached hydrogens (primary N) is 1. The lowest BCUT2D eigenvalue weighted by atomic mass is 10.3. The summed E-state index contributed by atoms with van der Waals surface area (Å²) in [4.78, 5) is 0. The van der Waals surface area contributed by atoms with E-state index in [2.05, 4.69) is 10.2 Å². The zero-order valence-corrected chi connectivity index (χ0v) is 9.84. The topological polar surface area (TPSA) is 90.9 Å². The summed E-state index contributed by atoms with van der Waals surface area (Å²) < 4.78 is 85.8. The van der Waals surface area contributed by atoms with Crippen molar-refractivity contribution in [3.05, 3.63) is 5.82 Å². The van der Waals surface area contributed by atoms with Gasteiger partial charge < -0.3 is 0 Å². The van der Waals surface area contributed by atoms with E-state index >= 15 is 0 Å². The number of hydrogen-bond acceptors (Lipinski definition) is 4. The van der Waals surface area contributed by atoms with Gasteiger partial charge in [-0.1, -0.05) is 0 Å². The van der Waals surface area contributed by atoms with E-state index in [4.69, 9.17) is 5.14 Å². The van der Waals surface area contributed by atoms with Gasteiger partial charge in [-0.15, -0.1) is 10.2 Å². The molecule has 0 aliphatic heterocycles. The fourth-order valence-electron chi connectivity index (χ4n) is 1.47. The fourth-order valence-corrected chi connectivity index (χ4v) is 2.14. The van der Waals surface area contributed by atoms with Crippen LogP contribution in [0.4, 0.5) is 22.0 Å². The van der Waals surface area contributed by atoms with Crippen molar-refractivity contribution in [2.45, 2.75) is 36.1 Å². The van der Waals surface area contributed by atoms with Gasteiger partial charge in [0.1, 0.15) is 0 Å². The summed E-state index contributed by atoms with van der Waals surface area (Å²) in [7, 11) is -4.53. The second kappa shape index (κ2) is 3.85. The van der Waals surface area contributed by atoms with Gasteiger partial charge in [-0.2, -0.15) is 22.0 Å². The average molecular weight is 306 g/mol. The van der Waals surface area contributed by atoms with Crippen LogP contribution in [0.25, 0.3) is 0 Å². The van der Waals surface area contributed by atoms with Crippen molar-refractivity contribution >= 4 is 10.0 Å². The molecule has 19 heavy (non-hydrogen) atoms. The Hall–Kier alpha value is -1.30. The Morgan fingerprint density at radius 3 is 2.05 bits per heavy atom. The first-order valence-electron chi connectivity index (χ1n) is 4.89. The van der Waals surface area contributed by atoms with Crippen molar-refractivity contribution < 1.29 is 30.4 Å². The van der Waals surface area contributed by atoms with E-state index in [1.54, 1.807) is 0 Å². The Labute approximate surface area is 103 Å². The molecule has 1 aromatic rings. The first-order chi connectivity index (χ1) is 8.46. The van der Waals surface area contributed by atoms with E-state index in [1.807, 2.05) is 0 Å². The number of rotatable bonds is 3. The third-order valence-electron chi connectivity index (χ3n) is 2.47. The molecule has 1 saturated carbocycles. The number of nitrogens with zero attached hydrogens (tertiary/aromatic N) is 3. The van der Waals surface area contributed by atoms with Gasteiger partial charge in [-0.05, 0) is 12.8 Å². The van der Waals surface area contributed by atoms with Gasteiger partial charge in [0.2, 0.25) is 5.82 Å². The molecule has 0 unspecified atom stereocenters. The second-order valence-corrected chi connectivity index (χ2v) is 5.48. The zero-order valence-electron chi connectivity index (χ0n) is 9.03. The molecule has 1 aliphatic carbocycles. The fraction of sp³-hybridized carbons (Fsp3) is 0.714. The molecule has 0 saturated heterocycles. The summed E-state index contributed by atoms with van der Waals surface area (Å²) in [5.41, 5.74) is 0. The molecule has 0 atom stereocenters. The van der Waals surface area contributed by atoms with Crippen molar-refractivity contribution in [2.24, 2.45) is 5.14 Å². The molecule has 1 heterocycles. The molecule has 12 heteroatoms. The van der Waals surface area contributed by atoms with Crippen molar-refractivity contribution in [3.63, 3.8) is 0 Å². The van der Waals surface area contributed by atoms with Crippen LogP contribution in [0.5, 0.6) is 0 Å². The van der Waals surface area contributed by atoms with Crippen molar-refractivity contribution in [2.75, 3.05) is 0 Å². The minimum absolute atomic E-state index is 0.251. The van der Waals surface area contributed by atoms with Crippen LogP contribution in [-0.4, -0.2) is 29.4 Å². The highest BCUT2D eigenvalue weighted by atomic mass is 32.2. The lowest BCUT2D eigenvalue weighted by molar-refractivity contribution is -0.293. The van der Waals surface area contributed by atoms with Gasteiger partial charge in [0, 0.05) is 6.04 Å². The highest BCUT2D eigenvalue weighted by Gasteiger charge is 2.63. The van der Waals surface area contributed by atoms with Gasteiger partial charge in [0.05, 0.1) is 0 Å². The molecule has 2 rings (SSSR count). The molecule has 1 aliphatic rings. The first-order valence-corrected chi connectivity index (χ1v) is 6.43. The lowest BCUT2D eigenvalue weighted by Crippen LogP contribution is -2.37. The number of primary sulfonamides is 1. The van der Waals surface area contributed by atoms with E-state index in [0.717, 1.165) is 0 Å². The summed E-state index contributed by atoms with van der Waals surface area (Å²) >= 11 is 0. The van der Waals surface area contributed by atoms with Crippen LogP contribution in [0.3, 0.4) is 0 Å². The Bertz CT molecular complexity index is 603. The van der Waals surface area contributed by atoms with Crippen LogP contribution in [0.15, 0.2) is 5.16 Å². The van der Waals surface area contributed by atoms with Crippen molar-refractivity contribution in [1.29, 1.82) is 0 Å². The van der Waals surface area contributed by atoms with Crippen molar-refractivity contribution in [3.8, 4) is 0 Å². The number of halogens is 5. The average Bonchev–Trinajstić information content (AvgIpc) is 2.92. The van der Waals surface area contributed by atoms with Gasteiger partial charge in [-0.3, -0.25) is 4.57 Å². The number of sulfonamides is 1. The van der Waals surface area contributed by atoms with Gasteiger partial charge in [0.25, 0.3) is 15.2 Å². The Balaban J connectivity index is 2.63. The van der Waals surface area contributed by atoms with E-state index in [9.17, 15) is 30.4 Å². The van der Waals surface area contributed by atoms with Crippen molar-refractivity contribution in [1.82, 2.24) is 14.8 Å². The largest absolute Gasteiger partial charge is 0.461 e. The summed E-state index contributed by atoms with van der Waals surface area (Å²) in [6, 6.07) is -0.813. The van der Waals surface area contributed by atoms with Crippen LogP contribution in [0, 0.1) is 0 Å². The SMILES string of the molecule is NS(=O)(=O)c1nnc(C(F)(F)C(F)(F)F)n1C1CC1. The normalized spacial score (nSPS) is 17.8. The highest BCUT2D eigenvalue weighted by Crippen LogP contribution is 2.47. The lowest BCUT2D eigenvalue weighted by Gasteiger charge is -2.19. The van der Waals surface area contributed by atoms with Crippen LogP contribution < -0.4 is 5.14 Å². The van der Waals surface area contributed by atoms with E-state index in [0.29, 0.717) is 0 Å². The summed E-state index contributed by atoms with van der Waals surface area (Å²) in [6.45, 7) is 0. The maximum absolute atomic E-state index is 13.2. The summed E-state index contributed by atoms with van der Waals surface area (Å²) in [5.74, 6) is -7.06. The van der Waals surface area contributed by atoms with Gasteiger partial charge in [0.15, 0.2) is 0 Å². The molecule has 2 N–H and O–H groups in total. The highest BCUT2D eigenvalue weighted by molar-refractivity contribution is 7.89. The van der Waals surface area contributed by atoms with Crippen LogP contribution >= 0.6 is 0 Å². The predicted octanol–water partition coefficient (Wildman–Crippen LogP) is 0.915. The molecule has 0 amide bonds. The van der Waals surface area contributed by atoms with E-state index in [-0.39, 0.29) is 17.4 Å². The maximum atomic E-state index is 13.2. The van der Waals surface area contributed by atoms with E-state index in [1.165, 1.54) is 0 Å². The Morgan fingerprint density at radius 1 is 1.16 bits per heavy atom. The molecule has 0 spiro atoms. The second-order valence-electron chi connectivity index (χ2n) is 4.02.